The predicted molar refractivity (Wildman–Crippen MR) is 116 cm³/mol. The zero-order valence-electron chi connectivity index (χ0n) is 19.6. The van der Waals surface area contributed by atoms with Crippen LogP contribution in [0.2, 0.25) is 0 Å². The fourth-order valence-electron chi connectivity index (χ4n) is 3.99. The van der Waals surface area contributed by atoms with Crippen molar-refractivity contribution >= 4 is 17.7 Å². The molecule has 1 saturated carbocycles. The number of aromatic hydroxyl groups is 1. The van der Waals surface area contributed by atoms with Crippen molar-refractivity contribution < 1.29 is 38.8 Å². The quantitative estimate of drug-likeness (QED) is 0.458. The number of Topliss-reactive ketones (excluding diaryl/α,β-unsaturated/α-hetero) is 1. The maximum Gasteiger partial charge on any atom is 0.317 e. The summed E-state index contributed by atoms with van der Waals surface area (Å²) >= 11 is 0. The summed E-state index contributed by atoms with van der Waals surface area (Å²) < 4.78 is 16.0. The van der Waals surface area contributed by atoms with Gasteiger partial charge >= 0.3 is 11.9 Å². The smallest absolute Gasteiger partial charge is 0.317 e. The molecule has 0 radical (unpaired) electrons. The normalized spacial score (nSPS) is 25.7. The van der Waals surface area contributed by atoms with Gasteiger partial charge in [0.25, 0.3) is 0 Å². The molecule has 0 bridgehead atoms. The third kappa shape index (κ3) is 5.79. The molecule has 0 aliphatic heterocycles. The highest BCUT2D eigenvalue weighted by molar-refractivity contribution is 6.02. The van der Waals surface area contributed by atoms with Gasteiger partial charge in [0.15, 0.2) is 17.3 Å². The van der Waals surface area contributed by atoms with Gasteiger partial charge in [-0.25, -0.2) is 0 Å². The number of rotatable bonds is 8. The molecule has 4 atom stereocenters. The van der Waals surface area contributed by atoms with Gasteiger partial charge in [-0.2, -0.15) is 0 Å². The largest absolute Gasteiger partial charge is 0.504 e. The van der Waals surface area contributed by atoms with Crippen molar-refractivity contribution in [3.8, 4) is 11.5 Å². The van der Waals surface area contributed by atoms with Crippen LogP contribution in [0.1, 0.15) is 52.5 Å². The summed E-state index contributed by atoms with van der Waals surface area (Å²) in [7, 11) is 1.36. The minimum atomic E-state index is -1.74. The molecule has 8 nitrogen and oxygen atoms in total. The Morgan fingerprint density at radius 3 is 2.19 bits per heavy atom. The van der Waals surface area contributed by atoms with Crippen LogP contribution in [0.25, 0.3) is 0 Å². The zero-order valence-corrected chi connectivity index (χ0v) is 19.6. The molecule has 2 N–H and O–H groups in total. The van der Waals surface area contributed by atoms with E-state index in [0.717, 1.165) is 0 Å². The monoisotopic (exact) mass is 450 g/mol. The third-order valence-electron chi connectivity index (χ3n) is 5.48. The van der Waals surface area contributed by atoms with Gasteiger partial charge in [0, 0.05) is 12.3 Å². The molecule has 2 rings (SSSR count). The number of carbonyl (C=O) groups is 3. The second kappa shape index (κ2) is 10.3. The van der Waals surface area contributed by atoms with Crippen LogP contribution >= 0.6 is 0 Å². The van der Waals surface area contributed by atoms with Gasteiger partial charge < -0.3 is 24.4 Å². The van der Waals surface area contributed by atoms with Crippen molar-refractivity contribution in [3.05, 3.63) is 23.8 Å². The topological polar surface area (TPSA) is 119 Å². The van der Waals surface area contributed by atoms with Gasteiger partial charge in [-0.1, -0.05) is 33.8 Å². The van der Waals surface area contributed by atoms with Crippen LogP contribution in [0.3, 0.4) is 0 Å². The Balaban J connectivity index is 2.59. The number of phenolic OH excluding ortho intramolecular Hbond substituents is 1. The van der Waals surface area contributed by atoms with E-state index in [1.807, 2.05) is 27.7 Å². The maximum absolute atomic E-state index is 13.1. The second-order valence-corrected chi connectivity index (χ2v) is 9.46. The van der Waals surface area contributed by atoms with Crippen molar-refractivity contribution in [2.75, 3.05) is 20.3 Å². The van der Waals surface area contributed by atoms with Gasteiger partial charge in [0.05, 0.1) is 31.8 Å². The molecule has 8 heteroatoms. The summed E-state index contributed by atoms with van der Waals surface area (Å²) in [5.74, 6) is -5.44. The van der Waals surface area contributed by atoms with Gasteiger partial charge in [-0.15, -0.1) is 0 Å². The minimum absolute atomic E-state index is 0.0553. The minimum Gasteiger partial charge on any atom is -0.504 e. The predicted octanol–water partition coefficient (Wildman–Crippen LogP) is 2.84. The van der Waals surface area contributed by atoms with Gasteiger partial charge in [-0.3, -0.25) is 14.4 Å². The SMILES string of the molecule is COc1cc([C@@H]2[C@@H](C(=O)OCC(C)C)C(=O)C[C@@](C)(O)[C@@H]2C(=O)OCC(C)C)ccc1O. The first kappa shape index (κ1) is 25.6. The van der Waals surface area contributed by atoms with Crippen LogP contribution in [0.5, 0.6) is 11.5 Å². The number of hydrogen-bond acceptors (Lipinski definition) is 8. The van der Waals surface area contributed by atoms with Crippen molar-refractivity contribution in [3.63, 3.8) is 0 Å². The molecule has 0 heterocycles. The number of aliphatic hydroxyl groups is 1. The van der Waals surface area contributed by atoms with Crippen LogP contribution in [0.15, 0.2) is 18.2 Å². The first-order valence-corrected chi connectivity index (χ1v) is 10.8. The molecule has 1 aromatic carbocycles. The number of methoxy groups -OCH3 is 1. The number of hydrogen-bond donors (Lipinski definition) is 2. The highest BCUT2D eigenvalue weighted by atomic mass is 16.5. The molecule has 0 amide bonds. The summed E-state index contributed by atoms with van der Waals surface area (Å²) in [6, 6.07) is 4.32. The Kier molecular flexibility index (Phi) is 8.29. The van der Waals surface area contributed by atoms with E-state index in [-0.39, 0.29) is 43.0 Å². The summed E-state index contributed by atoms with van der Waals surface area (Å²) in [4.78, 5) is 39.2. The van der Waals surface area contributed by atoms with E-state index in [2.05, 4.69) is 0 Å². The highest BCUT2D eigenvalue weighted by Gasteiger charge is 2.57. The highest BCUT2D eigenvalue weighted by Crippen LogP contribution is 2.48. The van der Waals surface area contributed by atoms with Gasteiger partial charge in [0.1, 0.15) is 5.92 Å². The fourth-order valence-corrected chi connectivity index (χ4v) is 3.99. The van der Waals surface area contributed by atoms with Crippen molar-refractivity contribution in [1.29, 1.82) is 0 Å². The summed E-state index contributed by atoms with van der Waals surface area (Å²) in [5, 5.41) is 21.1. The Labute approximate surface area is 188 Å². The van der Waals surface area contributed by atoms with E-state index in [1.165, 1.54) is 32.2 Å². The average Bonchev–Trinajstić information content (AvgIpc) is 2.69. The molecular formula is C24H34O8. The number of benzene rings is 1. The number of carbonyl (C=O) groups excluding carboxylic acids is 3. The van der Waals surface area contributed by atoms with E-state index in [0.29, 0.717) is 5.56 Å². The van der Waals surface area contributed by atoms with Gasteiger partial charge in [-0.05, 0) is 36.5 Å². The average molecular weight is 451 g/mol. The van der Waals surface area contributed by atoms with Crippen molar-refractivity contribution in [1.82, 2.24) is 0 Å². The second-order valence-electron chi connectivity index (χ2n) is 9.46. The fraction of sp³-hybridized carbons (Fsp3) is 0.625. The molecule has 1 fully saturated rings. The van der Waals surface area contributed by atoms with Crippen LogP contribution in [-0.4, -0.2) is 53.9 Å². The summed E-state index contributed by atoms with van der Waals surface area (Å²) in [5.41, 5.74) is -1.36. The van der Waals surface area contributed by atoms with E-state index in [4.69, 9.17) is 14.2 Å². The zero-order chi connectivity index (χ0) is 24.2. The van der Waals surface area contributed by atoms with Crippen molar-refractivity contribution in [2.45, 2.75) is 52.6 Å². The van der Waals surface area contributed by atoms with Crippen molar-refractivity contribution in [2.24, 2.45) is 23.7 Å². The standard InChI is InChI=1S/C24H34O8/c1-13(2)11-31-22(27)20-17(26)10-24(5,29)21(23(28)32-12-14(3)4)19(20)15-7-8-16(25)18(9-15)30-6/h7-9,13-14,19-21,25,29H,10-12H2,1-6H3/t19-,20+,21+,24-/m1/s1. The lowest BCUT2D eigenvalue weighted by Crippen LogP contribution is -2.55. The maximum atomic E-state index is 13.1. The molecule has 0 aromatic heterocycles. The molecule has 32 heavy (non-hydrogen) atoms. The lowest BCUT2D eigenvalue weighted by molar-refractivity contribution is -0.173. The molecular weight excluding hydrogens is 416 g/mol. The number of ether oxygens (including phenoxy) is 3. The summed E-state index contributed by atoms with van der Waals surface area (Å²) in [6.07, 6.45) is -0.387. The van der Waals surface area contributed by atoms with E-state index < -0.39 is 41.1 Å². The molecule has 1 aliphatic rings. The van der Waals surface area contributed by atoms with E-state index in [9.17, 15) is 24.6 Å². The lowest BCUT2D eigenvalue weighted by atomic mass is 9.61. The number of esters is 2. The van der Waals surface area contributed by atoms with Crippen LogP contribution in [-0.2, 0) is 23.9 Å². The molecule has 0 saturated heterocycles. The Hall–Kier alpha value is -2.61. The van der Waals surface area contributed by atoms with Crippen LogP contribution < -0.4 is 4.74 Å². The number of phenols is 1. The van der Waals surface area contributed by atoms with Gasteiger partial charge in [0.2, 0.25) is 0 Å². The third-order valence-corrected chi connectivity index (χ3v) is 5.48. The molecule has 0 spiro atoms. The Morgan fingerprint density at radius 1 is 1.09 bits per heavy atom. The molecule has 0 unspecified atom stereocenters. The Bertz CT molecular complexity index is 842. The van der Waals surface area contributed by atoms with E-state index >= 15 is 0 Å². The van der Waals surface area contributed by atoms with Crippen LogP contribution in [0, 0.1) is 23.7 Å². The number of ketones is 1. The first-order chi connectivity index (χ1) is 14.9. The first-order valence-electron chi connectivity index (χ1n) is 10.8. The van der Waals surface area contributed by atoms with Crippen LogP contribution in [0.4, 0.5) is 0 Å². The summed E-state index contributed by atoms with van der Waals surface area (Å²) in [6.45, 7) is 9.14. The van der Waals surface area contributed by atoms with E-state index in [1.54, 1.807) is 0 Å². The Morgan fingerprint density at radius 2 is 1.66 bits per heavy atom. The molecule has 178 valence electrons. The molecule has 1 aromatic rings. The molecule has 1 aliphatic carbocycles. The lowest BCUT2D eigenvalue weighted by Gasteiger charge is -2.43.